The van der Waals surface area contributed by atoms with Gasteiger partial charge in [0, 0.05) is 10.0 Å². The quantitative estimate of drug-likeness (QED) is 0.809. The fraction of sp³-hybridized carbons (Fsp3) is 0.0769. The Bertz CT molecular complexity index is 670. The van der Waals surface area contributed by atoms with Crippen molar-refractivity contribution in [3.05, 3.63) is 44.6 Å². The number of halogens is 1. The lowest BCUT2D eigenvalue weighted by Crippen LogP contribution is -2.18. The van der Waals surface area contributed by atoms with Crippen molar-refractivity contribution < 1.29 is 9.53 Å². The molecule has 7 heteroatoms. The predicted molar refractivity (Wildman–Crippen MR) is 88.9 cm³/mol. The largest absolute Gasteiger partial charge is 0.495 e. The number of thiophene rings is 1. The average Bonchev–Trinajstić information content (AvgIpc) is 2.85. The fourth-order valence-corrected chi connectivity index (χ4v) is 3.28. The van der Waals surface area contributed by atoms with Gasteiger partial charge in [-0.05, 0) is 39.5 Å². The predicted octanol–water partition coefficient (Wildman–Crippen LogP) is 3.41. The molecule has 0 fully saturated rings. The van der Waals surface area contributed by atoms with Gasteiger partial charge in [0.25, 0.3) is 5.91 Å². The zero-order valence-corrected chi connectivity index (χ0v) is 13.7. The van der Waals surface area contributed by atoms with Crippen LogP contribution < -0.4 is 15.8 Å². The number of ether oxygens (including phenoxy) is 1. The number of carbonyl (C=O) groups is 1. The summed E-state index contributed by atoms with van der Waals surface area (Å²) in [6.45, 7) is 0. The molecule has 0 bridgehead atoms. The number of thiocarbonyl (C=S) groups is 1. The van der Waals surface area contributed by atoms with Crippen molar-refractivity contribution >= 4 is 56.1 Å². The van der Waals surface area contributed by atoms with Gasteiger partial charge in [-0.1, -0.05) is 18.3 Å². The first-order chi connectivity index (χ1) is 9.54. The van der Waals surface area contributed by atoms with Crippen molar-refractivity contribution in [2.24, 2.45) is 5.73 Å². The maximum atomic E-state index is 12.3. The number of para-hydroxylation sites is 1. The van der Waals surface area contributed by atoms with Gasteiger partial charge in [-0.15, -0.1) is 11.3 Å². The van der Waals surface area contributed by atoms with Gasteiger partial charge < -0.3 is 15.8 Å². The second-order valence-electron chi connectivity index (χ2n) is 3.80. The Morgan fingerprint density at radius 1 is 1.45 bits per heavy atom. The molecule has 0 atom stereocenters. The second-order valence-corrected chi connectivity index (χ2v) is 6.01. The van der Waals surface area contributed by atoms with Gasteiger partial charge in [-0.25, -0.2) is 0 Å². The van der Waals surface area contributed by atoms with E-state index < -0.39 is 0 Å². The highest BCUT2D eigenvalue weighted by Gasteiger charge is 2.17. The van der Waals surface area contributed by atoms with E-state index in [1.807, 2.05) is 11.4 Å². The molecular weight excluding hydrogens is 360 g/mol. The van der Waals surface area contributed by atoms with Gasteiger partial charge in [0.15, 0.2) is 0 Å². The highest BCUT2D eigenvalue weighted by Crippen LogP contribution is 2.30. The van der Waals surface area contributed by atoms with Gasteiger partial charge >= 0.3 is 0 Å². The molecule has 20 heavy (non-hydrogen) atoms. The molecule has 1 aromatic carbocycles. The number of nitrogens with one attached hydrogen (secondary N) is 1. The Morgan fingerprint density at radius 3 is 2.75 bits per heavy atom. The molecule has 0 unspecified atom stereocenters. The van der Waals surface area contributed by atoms with E-state index >= 15 is 0 Å². The Hall–Kier alpha value is -1.44. The summed E-state index contributed by atoms with van der Waals surface area (Å²) in [5.41, 5.74) is 6.73. The van der Waals surface area contributed by atoms with Crippen LogP contribution in [0, 0.1) is 0 Å². The maximum absolute atomic E-state index is 12.3. The molecule has 4 nitrogen and oxygen atoms in total. The first-order valence-corrected chi connectivity index (χ1v) is 7.64. The van der Waals surface area contributed by atoms with Crippen molar-refractivity contribution in [3.63, 3.8) is 0 Å². The summed E-state index contributed by atoms with van der Waals surface area (Å²) in [6, 6.07) is 7.06. The summed E-state index contributed by atoms with van der Waals surface area (Å²) < 4.78 is 5.99. The number of hydrogen-bond acceptors (Lipinski definition) is 4. The van der Waals surface area contributed by atoms with Crippen LogP contribution in [-0.4, -0.2) is 18.0 Å². The van der Waals surface area contributed by atoms with Crippen LogP contribution in [0.25, 0.3) is 0 Å². The molecule has 0 aliphatic heterocycles. The van der Waals surface area contributed by atoms with Crippen LogP contribution in [0.15, 0.2) is 34.1 Å². The molecule has 1 heterocycles. The first kappa shape index (κ1) is 15.0. The van der Waals surface area contributed by atoms with Crippen LogP contribution in [0.1, 0.15) is 15.2 Å². The minimum Gasteiger partial charge on any atom is -0.495 e. The Balaban J connectivity index is 2.40. The number of amides is 1. The van der Waals surface area contributed by atoms with E-state index in [2.05, 4.69) is 21.2 Å². The van der Waals surface area contributed by atoms with Gasteiger partial charge in [-0.3, -0.25) is 4.79 Å². The van der Waals surface area contributed by atoms with E-state index in [1.165, 1.54) is 18.4 Å². The van der Waals surface area contributed by atoms with Crippen molar-refractivity contribution in [2.75, 3.05) is 12.4 Å². The monoisotopic (exact) mass is 370 g/mol. The number of anilines is 1. The third-order valence-corrected chi connectivity index (χ3v) is 4.63. The van der Waals surface area contributed by atoms with E-state index in [4.69, 9.17) is 22.7 Å². The lowest BCUT2D eigenvalue weighted by molar-refractivity contribution is 0.102. The average molecular weight is 371 g/mol. The fourth-order valence-electron chi connectivity index (χ4n) is 1.66. The van der Waals surface area contributed by atoms with Crippen LogP contribution in [-0.2, 0) is 0 Å². The molecule has 104 valence electrons. The summed E-state index contributed by atoms with van der Waals surface area (Å²) in [5, 5.41) is 4.63. The van der Waals surface area contributed by atoms with Crippen LogP contribution in [0.5, 0.6) is 5.75 Å². The minimum absolute atomic E-state index is 0.199. The van der Waals surface area contributed by atoms with Crippen LogP contribution >= 0.6 is 39.5 Å². The third kappa shape index (κ3) is 3.00. The third-order valence-electron chi connectivity index (χ3n) is 2.57. The number of hydrogen-bond donors (Lipinski definition) is 2. The van der Waals surface area contributed by atoms with E-state index in [1.54, 1.807) is 18.2 Å². The Morgan fingerprint density at radius 2 is 2.20 bits per heavy atom. The van der Waals surface area contributed by atoms with E-state index in [9.17, 15) is 4.79 Å². The van der Waals surface area contributed by atoms with Crippen LogP contribution in [0.2, 0.25) is 0 Å². The number of benzene rings is 1. The summed E-state index contributed by atoms with van der Waals surface area (Å²) >= 11 is 9.67. The molecule has 0 radical (unpaired) electrons. The summed E-state index contributed by atoms with van der Waals surface area (Å²) in [4.78, 5) is 13.0. The molecule has 0 aliphatic rings. The standard InChI is InChI=1S/C13H11BrN2O2S2/c1-18-9-4-2-3-7(12(15)19)10(9)16-13(17)11-8(14)5-6-20-11/h2-6H,1H3,(H2,15,19)(H,16,17). The molecule has 2 rings (SSSR count). The van der Waals surface area contributed by atoms with Gasteiger partial charge in [0.1, 0.15) is 15.6 Å². The minimum atomic E-state index is -0.242. The molecule has 1 amide bonds. The molecule has 0 aliphatic carbocycles. The number of rotatable bonds is 4. The van der Waals surface area contributed by atoms with Crippen LogP contribution in [0.3, 0.4) is 0 Å². The molecule has 3 N–H and O–H groups in total. The van der Waals surface area contributed by atoms with Crippen molar-refractivity contribution in [2.45, 2.75) is 0 Å². The molecular formula is C13H11BrN2O2S2. The van der Waals surface area contributed by atoms with Crippen LogP contribution in [0.4, 0.5) is 5.69 Å². The second kappa shape index (κ2) is 6.34. The van der Waals surface area contributed by atoms with E-state index in [0.717, 1.165) is 4.47 Å². The van der Waals surface area contributed by atoms with Gasteiger partial charge in [0.2, 0.25) is 0 Å². The van der Waals surface area contributed by atoms with Gasteiger partial charge in [-0.2, -0.15) is 0 Å². The van der Waals surface area contributed by atoms with Crippen molar-refractivity contribution in [1.29, 1.82) is 0 Å². The lowest BCUT2D eigenvalue weighted by atomic mass is 10.1. The number of nitrogens with two attached hydrogens (primary N) is 1. The molecule has 0 saturated carbocycles. The topological polar surface area (TPSA) is 64.3 Å². The van der Waals surface area contributed by atoms with Crippen molar-refractivity contribution in [1.82, 2.24) is 0 Å². The summed E-state index contributed by atoms with van der Waals surface area (Å²) in [5.74, 6) is 0.269. The lowest BCUT2D eigenvalue weighted by Gasteiger charge is -2.13. The zero-order valence-electron chi connectivity index (χ0n) is 10.5. The summed E-state index contributed by atoms with van der Waals surface area (Å²) in [7, 11) is 1.52. The van der Waals surface area contributed by atoms with E-state index in [0.29, 0.717) is 21.9 Å². The number of carbonyl (C=O) groups excluding carboxylic acids is 1. The maximum Gasteiger partial charge on any atom is 0.267 e. The van der Waals surface area contributed by atoms with E-state index in [-0.39, 0.29) is 10.9 Å². The molecule has 0 spiro atoms. The molecule has 1 aromatic heterocycles. The zero-order chi connectivity index (χ0) is 14.7. The first-order valence-electron chi connectivity index (χ1n) is 5.55. The van der Waals surface area contributed by atoms with Gasteiger partial charge in [0.05, 0.1) is 12.8 Å². The smallest absolute Gasteiger partial charge is 0.267 e. The van der Waals surface area contributed by atoms with Crippen molar-refractivity contribution in [3.8, 4) is 5.75 Å². The molecule has 0 saturated heterocycles. The normalized spacial score (nSPS) is 10.1. The highest BCUT2D eigenvalue weighted by molar-refractivity contribution is 9.10. The SMILES string of the molecule is COc1cccc(C(N)=S)c1NC(=O)c1sccc1Br. The number of methoxy groups -OCH3 is 1. The molecule has 2 aromatic rings. The highest BCUT2D eigenvalue weighted by atomic mass is 79.9. The Kier molecular flexibility index (Phi) is 4.74. The Labute approximate surface area is 134 Å². The summed E-state index contributed by atoms with van der Waals surface area (Å²) in [6.07, 6.45) is 0.